The Bertz CT molecular complexity index is 598. The van der Waals surface area contributed by atoms with Crippen molar-refractivity contribution in [2.45, 2.75) is 38.8 Å². The lowest BCUT2D eigenvalue weighted by molar-refractivity contribution is 0.234. The summed E-state index contributed by atoms with van der Waals surface area (Å²) in [6.45, 7) is 4.01. The number of ether oxygens (including phenoxy) is 1. The van der Waals surface area contributed by atoms with E-state index in [0.29, 0.717) is 5.88 Å². The van der Waals surface area contributed by atoms with Gasteiger partial charge in [0.05, 0.1) is 23.5 Å². The van der Waals surface area contributed by atoms with E-state index in [9.17, 15) is 0 Å². The van der Waals surface area contributed by atoms with Crippen molar-refractivity contribution in [3.05, 3.63) is 47.9 Å². The number of hydrogen-bond acceptors (Lipinski definition) is 4. The van der Waals surface area contributed by atoms with Crippen LogP contribution < -0.4 is 10.1 Å². The second-order valence-electron chi connectivity index (χ2n) is 5.31. The van der Waals surface area contributed by atoms with Gasteiger partial charge in [0.25, 0.3) is 0 Å². The number of rotatable bonds is 4. The van der Waals surface area contributed by atoms with Gasteiger partial charge in [-0.1, -0.05) is 6.07 Å². The molecule has 3 rings (SSSR count). The molecule has 4 heteroatoms. The van der Waals surface area contributed by atoms with E-state index in [1.54, 1.807) is 6.20 Å². The van der Waals surface area contributed by atoms with Gasteiger partial charge < -0.3 is 10.1 Å². The van der Waals surface area contributed by atoms with E-state index in [-0.39, 0.29) is 12.1 Å². The molecule has 0 bridgehead atoms. The highest BCUT2D eigenvalue weighted by molar-refractivity contribution is 5.54. The first-order valence-electron chi connectivity index (χ1n) is 7.06. The van der Waals surface area contributed by atoms with Gasteiger partial charge in [0.15, 0.2) is 0 Å². The zero-order valence-corrected chi connectivity index (χ0v) is 11.8. The average molecular weight is 269 g/mol. The third-order valence-electron chi connectivity index (χ3n) is 3.41. The van der Waals surface area contributed by atoms with Crippen LogP contribution in [-0.4, -0.2) is 16.1 Å². The smallest absolute Gasteiger partial charge is 0.237 e. The van der Waals surface area contributed by atoms with Crippen LogP contribution in [0.2, 0.25) is 0 Å². The Morgan fingerprint density at radius 1 is 1.20 bits per heavy atom. The first kappa shape index (κ1) is 12.9. The van der Waals surface area contributed by atoms with Crippen LogP contribution >= 0.6 is 0 Å². The summed E-state index contributed by atoms with van der Waals surface area (Å²) in [5, 5.41) is 3.52. The first-order valence-corrected chi connectivity index (χ1v) is 7.06. The minimum absolute atomic E-state index is 0.111. The van der Waals surface area contributed by atoms with Crippen molar-refractivity contribution in [1.29, 1.82) is 0 Å². The molecule has 104 valence electrons. The zero-order chi connectivity index (χ0) is 13.9. The first-order chi connectivity index (χ1) is 9.74. The number of aryl methyl sites for hydroxylation is 1. The Hall–Kier alpha value is -2.10. The molecule has 1 aliphatic carbocycles. The fourth-order valence-corrected chi connectivity index (χ4v) is 2.56. The highest BCUT2D eigenvalue weighted by atomic mass is 16.5. The molecule has 2 aromatic heterocycles. The lowest BCUT2D eigenvalue weighted by Crippen LogP contribution is -2.13. The normalized spacial score (nSPS) is 17.1. The quantitative estimate of drug-likeness (QED) is 0.924. The van der Waals surface area contributed by atoms with Crippen molar-refractivity contribution in [3.8, 4) is 5.88 Å². The molecule has 1 N–H and O–H groups in total. The van der Waals surface area contributed by atoms with E-state index in [4.69, 9.17) is 4.74 Å². The Morgan fingerprint density at radius 2 is 2.00 bits per heavy atom. The molecular formula is C16H19N3O. The van der Waals surface area contributed by atoms with Crippen LogP contribution in [0.15, 0.2) is 36.7 Å². The van der Waals surface area contributed by atoms with Crippen LogP contribution in [0, 0.1) is 0 Å². The van der Waals surface area contributed by atoms with Gasteiger partial charge in [0.1, 0.15) is 0 Å². The highest BCUT2D eigenvalue weighted by Gasteiger charge is 2.24. The van der Waals surface area contributed by atoms with Gasteiger partial charge in [0.2, 0.25) is 5.88 Å². The third-order valence-corrected chi connectivity index (χ3v) is 3.41. The lowest BCUT2D eigenvalue weighted by Gasteiger charge is -2.18. The fourth-order valence-electron chi connectivity index (χ4n) is 2.56. The zero-order valence-electron chi connectivity index (χ0n) is 11.8. The summed E-state index contributed by atoms with van der Waals surface area (Å²) in [5.74, 6) is 0.659. The molecular weight excluding hydrogens is 250 g/mol. The van der Waals surface area contributed by atoms with Gasteiger partial charge in [-0.2, -0.15) is 0 Å². The molecule has 0 aromatic carbocycles. The topological polar surface area (TPSA) is 47.0 Å². The van der Waals surface area contributed by atoms with E-state index < -0.39 is 0 Å². The predicted octanol–water partition coefficient (Wildman–Crippen LogP) is 3.36. The Kier molecular flexibility index (Phi) is 3.54. The molecule has 0 saturated heterocycles. The molecule has 2 heterocycles. The maximum atomic E-state index is 5.75. The van der Waals surface area contributed by atoms with Crippen LogP contribution in [-0.2, 0) is 6.42 Å². The van der Waals surface area contributed by atoms with E-state index >= 15 is 0 Å². The summed E-state index contributed by atoms with van der Waals surface area (Å²) in [6, 6.07) is 8.32. The molecule has 0 radical (unpaired) electrons. The molecule has 1 aliphatic rings. The van der Waals surface area contributed by atoms with Crippen LogP contribution in [0.25, 0.3) is 0 Å². The average Bonchev–Trinajstić information content (AvgIpc) is 2.84. The van der Waals surface area contributed by atoms with Crippen molar-refractivity contribution in [2.24, 2.45) is 0 Å². The molecule has 0 fully saturated rings. The number of pyridine rings is 2. The summed E-state index contributed by atoms with van der Waals surface area (Å²) in [7, 11) is 0. The third kappa shape index (κ3) is 2.59. The molecule has 0 saturated carbocycles. The SMILES string of the molecule is CC(C)Oc1ncccc1NC1CCc2cccnc21. The van der Waals surface area contributed by atoms with Crippen LogP contribution in [0.4, 0.5) is 5.69 Å². The Balaban J connectivity index is 1.82. The molecule has 2 aromatic rings. The molecule has 1 unspecified atom stereocenters. The second-order valence-corrected chi connectivity index (χ2v) is 5.31. The van der Waals surface area contributed by atoms with Gasteiger partial charge in [0, 0.05) is 12.4 Å². The van der Waals surface area contributed by atoms with Gasteiger partial charge in [-0.3, -0.25) is 4.98 Å². The summed E-state index contributed by atoms with van der Waals surface area (Å²) in [5.41, 5.74) is 3.41. The van der Waals surface area contributed by atoms with Crippen molar-refractivity contribution < 1.29 is 4.74 Å². The molecule has 1 atom stereocenters. The van der Waals surface area contributed by atoms with Crippen molar-refractivity contribution in [1.82, 2.24) is 9.97 Å². The van der Waals surface area contributed by atoms with Gasteiger partial charge in [-0.15, -0.1) is 0 Å². The molecule has 0 spiro atoms. The van der Waals surface area contributed by atoms with Crippen molar-refractivity contribution in [3.63, 3.8) is 0 Å². The second kappa shape index (κ2) is 5.49. The number of nitrogens with zero attached hydrogens (tertiary/aromatic N) is 2. The van der Waals surface area contributed by atoms with Crippen molar-refractivity contribution in [2.75, 3.05) is 5.32 Å². The molecule has 20 heavy (non-hydrogen) atoms. The molecule has 4 nitrogen and oxygen atoms in total. The summed E-state index contributed by atoms with van der Waals surface area (Å²) in [4.78, 5) is 8.82. The van der Waals surface area contributed by atoms with E-state index in [2.05, 4.69) is 21.4 Å². The number of fused-ring (bicyclic) bond motifs is 1. The van der Waals surface area contributed by atoms with Crippen LogP contribution in [0.3, 0.4) is 0 Å². The standard InChI is InChI=1S/C16H19N3O/c1-11(2)20-16-14(6-4-10-18-16)19-13-8-7-12-5-3-9-17-15(12)13/h3-6,9-11,13,19H,7-8H2,1-2H3. The minimum Gasteiger partial charge on any atom is -0.473 e. The number of nitrogens with one attached hydrogen (secondary N) is 1. The van der Waals surface area contributed by atoms with Gasteiger partial charge in [-0.05, 0) is 50.5 Å². The summed E-state index contributed by atoms with van der Waals surface area (Å²) >= 11 is 0. The van der Waals surface area contributed by atoms with Gasteiger partial charge in [-0.25, -0.2) is 4.98 Å². The van der Waals surface area contributed by atoms with E-state index in [1.165, 1.54) is 5.56 Å². The maximum absolute atomic E-state index is 5.75. The number of anilines is 1. The van der Waals surface area contributed by atoms with Crippen LogP contribution in [0.5, 0.6) is 5.88 Å². The Labute approximate surface area is 119 Å². The maximum Gasteiger partial charge on any atom is 0.237 e. The number of aromatic nitrogens is 2. The van der Waals surface area contributed by atoms with Gasteiger partial charge >= 0.3 is 0 Å². The van der Waals surface area contributed by atoms with E-state index in [1.807, 2.05) is 38.2 Å². The largest absolute Gasteiger partial charge is 0.473 e. The lowest BCUT2D eigenvalue weighted by atomic mass is 10.2. The van der Waals surface area contributed by atoms with Crippen LogP contribution in [0.1, 0.15) is 37.6 Å². The number of hydrogen-bond donors (Lipinski definition) is 1. The predicted molar refractivity (Wildman–Crippen MR) is 78.9 cm³/mol. The van der Waals surface area contributed by atoms with Crippen molar-refractivity contribution >= 4 is 5.69 Å². The molecule has 0 aliphatic heterocycles. The highest BCUT2D eigenvalue weighted by Crippen LogP contribution is 2.34. The molecule has 0 amide bonds. The fraction of sp³-hybridized carbons (Fsp3) is 0.375. The summed E-state index contributed by atoms with van der Waals surface area (Å²) < 4.78 is 5.75. The summed E-state index contributed by atoms with van der Waals surface area (Å²) in [6.07, 6.45) is 5.85. The monoisotopic (exact) mass is 269 g/mol. The Morgan fingerprint density at radius 3 is 2.85 bits per heavy atom. The van der Waals surface area contributed by atoms with E-state index in [0.717, 1.165) is 24.2 Å². The minimum atomic E-state index is 0.111.